The smallest absolute Gasteiger partial charge is 0.146 e. The second-order valence-corrected chi connectivity index (χ2v) is 5.25. The Morgan fingerprint density at radius 2 is 1.72 bits per heavy atom. The van der Waals surface area contributed by atoms with Crippen LogP contribution in [0.1, 0.15) is 33.3 Å². The van der Waals surface area contributed by atoms with Gasteiger partial charge in [-0.15, -0.1) is 0 Å². The van der Waals surface area contributed by atoms with E-state index in [1.165, 1.54) is 0 Å². The highest BCUT2D eigenvalue weighted by atomic mass is 15.1. The van der Waals surface area contributed by atoms with E-state index in [0.29, 0.717) is 23.2 Å². The van der Waals surface area contributed by atoms with Gasteiger partial charge in [-0.25, -0.2) is 4.98 Å². The molecule has 0 unspecified atom stereocenters. The second kappa shape index (κ2) is 6.85. The van der Waals surface area contributed by atoms with E-state index in [-0.39, 0.29) is 0 Å². The molecule has 0 atom stereocenters. The van der Waals surface area contributed by atoms with Crippen LogP contribution >= 0.6 is 0 Å². The van der Waals surface area contributed by atoms with E-state index >= 15 is 0 Å². The summed E-state index contributed by atoms with van der Waals surface area (Å²) in [6, 6.07) is 5.81. The molecular weight excluding hydrogens is 224 g/mol. The summed E-state index contributed by atoms with van der Waals surface area (Å²) in [6.07, 6.45) is 0. The van der Waals surface area contributed by atoms with Crippen LogP contribution in [-0.2, 0) is 0 Å². The first-order chi connectivity index (χ1) is 8.52. The number of pyridine rings is 1. The number of nitrogens with one attached hydrogen (secondary N) is 2. The Balaban J connectivity index is 2.78. The minimum atomic E-state index is 0.519. The first kappa shape index (κ1) is 14.3. The molecule has 0 fully saturated rings. The average molecular weight is 246 g/mol. The number of hydrogen-bond acceptors (Lipinski definition) is 4. The van der Waals surface area contributed by atoms with Gasteiger partial charge in [-0.1, -0.05) is 27.7 Å². The zero-order chi connectivity index (χ0) is 13.5. The van der Waals surface area contributed by atoms with E-state index < -0.39 is 0 Å². The van der Waals surface area contributed by atoms with E-state index in [2.05, 4.69) is 49.4 Å². The van der Waals surface area contributed by atoms with Gasteiger partial charge in [-0.05, 0) is 24.0 Å². The van der Waals surface area contributed by atoms with Gasteiger partial charge in [0.05, 0.1) is 5.56 Å². The lowest BCUT2D eigenvalue weighted by atomic mass is 10.2. The van der Waals surface area contributed by atoms with E-state index in [4.69, 9.17) is 5.26 Å². The first-order valence-corrected chi connectivity index (χ1v) is 6.41. The predicted molar refractivity (Wildman–Crippen MR) is 75.6 cm³/mol. The Kier molecular flexibility index (Phi) is 5.44. The first-order valence-electron chi connectivity index (χ1n) is 6.41. The Morgan fingerprint density at radius 3 is 2.28 bits per heavy atom. The summed E-state index contributed by atoms with van der Waals surface area (Å²) in [7, 11) is 0. The number of rotatable bonds is 6. The van der Waals surface area contributed by atoms with Crippen molar-refractivity contribution >= 4 is 11.6 Å². The second-order valence-electron chi connectivity index (χ2n) is 5.25. The highest BCUT2D eigenvalue weighted by Crippen LogP contribution is 2.16. The predicted octanol–water partition coefficient (Wildman–Crippen LogP) is 3.09. The highest BCUT2D eigenvalue weighted by Gasteiger charge is 2.06. The number of nitrogens with zero attached hydrogens (tertiary/aromatic N) is 2. The maximum Gasteiger partial charge on any atom is 0.146 e. The van der Waals surface area contributed by atoms with Crippen LogP contribution in [0, 0.1) is 23.2 Å². The topological polar surface area (TPSA) is 60.7 Å². The molecule has 4 heteroatoms. The lowest BCUT2D eigenvalue weighted by Crippen LogP contribution is -2.13. The van der Waals surface area contributed by atoms with Crippen LogP contribution in [-0.4, -0.2) is 18.1 Å². The van der Waals surface area contributed by atoms with E-state index in [9.17, 15) is 0 Å². The molecule has 0 radical (unpaired) electrons. The Labute approximate surface area is 109 Å². The van der Waals surface area contributed by atoms with E-state index in [1.54, 1.807) is 6.07 Å². The van der Waals surface area contributed by atoms with Crippen LogP contribution < -0.4 is 10.6 Å². The Hall–Kier alpha value is -1.76. The van der Waals surface area contributed by atoms with Crippen molar-refractivity contribution in [2.75, 3.05) is 23.7 Å². The number of hydrogen-bond donors (Lipinski definition) is 2. The van der Waals surface area contributed by atoms with Gasteiger partial charge in [0, 0.05) is 13.1 Å². The molecule has 0 bridgehead atoms. The van der Waals surface area contributed by atoms with Gasteiger partial charge in [0.15, 0.2) is 0 Å². The molecule has 0 amide bonds. The van der Waals surface area contributed by atoms with Crippen LogP contribution in [0.15, 0.2) is 12.1 Å². The third kappa shape index (κ3) is 4.62. The van der Waals surface area contributed by atoms with Crippen LogP contribution in [0.3, 0.4) is 0 Å². The summed E-state index contributed by atoms with van der Waals surface area (Å²) in [6.45, 7) is 10.2. The normalized spacial score (nSPS) is 10.5. The zero-order valence-electron chi connectivity index (χ0n) is 11.6. The van der Waals surface area contributed by atoms with Crippen molar-refractivity contribution in [3.63, 3.8) is 0 Å². The van der Waals surface area contributed by atoms with Crippen molar-refractivity contribution in [3.05, 3.63) is 17.7 Å². The molecule has 0 saturated carbocycles. The van der Waals surface area contributed by atoms with Crippen molar-refractivity contribution in [3.8, 4) is 6.07 Å². The third-order valence-electron chi connectivity index (χ3n) is 2.38. The average Bonchev–Trinajstić information content (AvgIpc) is 2.33. The van der Waals surface area contributed by atoms with E-state index in [0.717, 1.165) is 18.9 Å². The third-order valence-corrected chi connectivity index (χ3v) is 2.38. The summed E-state index contributed by atoms with van der Waals surface area (Å²) in [5.74, 6) is 2.56. The van der Waals surface area contributed by atoms with E-state index in [1.807, 2.05) is 6.07 Å². The van der Waals surface area contributed by atoms with Crippen molar-refractivity contribution in [1.29, 1.82) is 5.26 Å². The number of anilines is 2. The van der Waals surface area contributed by atoms with Crippen LogP contribution in [0.25, 0.3) is 0 Å². The van der Waals surface area contributed by atoms with Crippen molar-refractivity contribution < 1.29 is 0 Å². The fraction of sp³-hybridized carbons (Fsp3) is 0.571. The van der Waals surface area contributed by atoms with Gasteiger partial charge in [0.25, 0.3) is 0 Å². The molecule has 2 N–H and O–H groups in total. The minimum Gasteiger partial charge on any atom is -0.370 e. The molecule has 0 aliphatic rings. The standard InChI is InChI=1S/C14H22N4/c1-10(2)8-16-13-6-5-12(7-15)14(18-13)17-9-11(3)4/h5-6,10-11H,8-9H2,1-4H3,(H2,16,17,18). The van der Waals surface area contributed by atoms with Crippen LogP contribution in [0.5, 0.6) is 0 Å². The molecule has 0 spiro atoms. The van der Waals surface area contributed by atoms with Gasteiger partial charge in [-0.3, -0.25) is 0 Å². The quantitative estimate of drug-likeness (QED) is 0.809. The SMILES string of the molecule is CC(C)CNc1ccc(C#N)c(NCC(C)C)n1. The fourth-order valence-electron chi connectivity index (χ4n) is 1.39. The molecule has 98 valence electrons. The van der Waals surface area contributed by atoms with Crippen molar-refractivity contribution in [2.45, 2.75) is 27.7 Å². The lowest BCUT2D eigenvalue weighted by Gasteiger charge is -2.13. The van der Waals surface area contributed by atoms with Crippen molar-refractivity contribution in [2.24, 2.45) is 11.8 Å². The summed E-state index contributed by atoms with van der Waals surface area (Å²) >= 11 is 0. The van der Waals surface area contributed by atoms with Gasteiger partial charge >= 0.3 is 0 Å². The monoisotopic (exact) mass is 246 g/mol. The van der Waals surface area contributed by atoms with Crippen LogP contribution in [0.2, 0.25) is 0 Å². The molecule has 1 aromatic rings. The maximum atomic E-state index is 9.04. The molecule has 1 heterocycles. The summed E-state index contributed by atoms with van der Waals surface area (Å²) in [5.41, 5.74) is 0.589. The largest absolute Gasteiger partial charge is 0.370 e. The van der Waals surface area contributed by atoms with Crippen LogP contribution in [0.4, 0.5) is 11.6 Å². The van der Waals surface area contributed by atoms with Gasteiger partial charge in [-0.2, -0.15) is 5.26 Å². The molecule has 0 saturated heterocycles. The summed E-state index contributed by atoms with van der Waals surface area (Å²) < 4.78 is 0. The molecule has 0 aliphatic carbocycles. The highest BCUT2D eigenvalue weighted by molar-refractivity contribution is 5.56. The molecule has 1 rings (SSSR count). The zero-order valence-corrected chi connectivity index (χ0v) is 11.6. The summed E-state index contributed by atoms with van der Waals surface area (Å²) in [5, 5.41) is 15.5. The minimum absolute atomic E-state index is 0.519. The van der Waals surface area contributed by atoms with Gasteiger partial charge in [0.1, 0.15) is 17.7 Å². The molecule has 18 heavy (non-hydrogen) atoms. The Morgan fingerprint density at radius 1 is 1.11 bits per heavy atom. The van der Waals surface area contributed by atoms with Crippen molar-refractivity contribution in [1.82, 2.24) is 4.98 Å². The molecule has 4 nitrogen and oxygen atoms in total. The fourth-order valence-corrected chi connectivity index (χ4v) is 1.39. The number of nitriles is 1. The molecule has 0 aromatic carbocycles. The molecule has 0 aliphatic heterocycles. The Bertz CT molecular complexity index is 418. The number of aromatic nitrogens is 1. The van der Waals surface area contributed by atoms with Gasteiger partial charge in [0.2, 0.25) is 0 Å². The summed E-state index contributed by atoms with van der Waals surface area (Å²) in [4.78, 5) is 4.44. The van der Waals surface area contributed by atoms with Gasteiger partial charge < -0.3 is 10.6 Å². The molecular formula is C14H22N4. The molecule has 1 aromatic heterocycles. The maximum absolute atomic E-state index is 9.04. The lowest BCUT2D eigenvalue weighted by molar-refractivity contribution is 0.683.